The van der Waals surface area contributed by atoms with Gasteiger partial charge in [0.05, 0.1) is 11.7 Å². The third-order valence-corrected chi connectivity index (χ3v) is 4.39. The van der Waals surface area contributed by atoms with Crippen molar-refractivity contribution in [3.63, 3.8) is 0 Å². The number of carboxylic acid groups (broad SMARTS) is 1. The van der Waals surface area contributed by atoms with Crippen LogP contribution in [0.1, 0.15) is 59.7 Å². The molecule has 5 heteroatoms. The van der Waals surface area contributed by atoms with Crippen molar-refractivity contribution in [1.82, 2.24) is 5.32 Å². The summed E-state index contributed by atoms with van der Waals surface area (Å²) in [4.78, 5) is 23.1. The van der Waals surface area contributed by atoms with Crippen LogP contribution in [0.4, 0.5) is 0 Å². The first-order chi connectivity index (χ1) is 11.1. The predicted molar refractivity (Wildman–Crippen MR) is 87.7 cm³/mol. The van der Waals surface area contributed by atoms with Crippen molar-refractivity contribution >= 4 is 11.9 Å². The molecule has 126 valence electrons. The SMILES string of the molecule is CCOC(CCNC(=O)c1cccc(C(=O)O)c1)C1CCCC1. The van der Waals surface area contributed by atoms with Gasteiger partial charge in [0.2, 0.25) is 0 Å². The summed E-state index contributed by atoms with van der Waals surface area (Å²) in [5.41, 5.74) is 0.495. The maximum absolute atomic E-state index is 12.1. The van der Waals surface area contributed by atoms with Crippen LogP contribution >= 0.6 is 0 Å². The zero-order valence-electron chi connectivity index (χ0n) is 13.6. The Kier molecular flexibility index (Phi) is 6.59. The summed E-state index contributed by atoms with van der Waals surface area (Å²) < 4.78 is 5.83. The second-order valence-electron chi connectivity index (χ2n) is 5.97. The molecule has 23 heavy (non-hydrogen) atoms. The molecule has 1 aromatic rings. The molecule has 0 saturated heterocycles. The van der Waals surface area contributed by atoms with Gasteiger partial charge < -0.3 is 15.2 Å². The summed E-state index contributed by atoms with van der Waals surface area (Å²) in [6.45, 7) is 3.23. The molecular weight excluding hydrogens is 294 g/mol. The Bertz CT molecular complexity index is 538. The number of nitrogens with one attached hydrogen (secondary N) is 1. The second-order valence-corrected chi connectivity index (χ2v) is 5.97. The van der Waals surface area contributed by atoms with Crippen molar-refractivity contribution in [2.24, 2.45) is 5.92 Å². The van der Waals surface area contributed by atoms with Crippen LogP contribution < -0.4 is 5.32 Å². The van der Waals surface area contributed by atoms with Gasteiger partial charge in [-0.1, -0.05) is 18.9 Å². The van der Waals surface area contributed by atoms with Crippen molar-refractivity contribution in [3.8, 4) is 0 Å². The van der Waals surface area contributed by atoms with Gasteiger partial charge in [-0.15, -0.1) is 0 Å². The Morgan fingerprint density at radius 1 is 1.30 bits per heavy atom. The first kappa shape index (κ1) is 17.5. The van der Waals surface area contributed by atoms with Gasteiger partial charge in [-0.25, -0.2) is 4.79 Å². The maximum Gasteiger partial charge on any atom is 0.335 e. The van der Waals surface area contributed by atoms with E-state index in [9.17, 15) is 9.59 Å². The highest BCUT2D eigenvalue weighted by atomic mass is 16.5. The van der Waals surface area contributed by atoms with Crippen LogP contribution in [0.3, 0.4) is 0 Å². The van der Waals surface area contributed by atoms with Gasteiger partial charge in [0, 0.05) is 18.7 Å². The van der Waals surface area contributed by atoms with E-state index in [4.69, 9.17) is 9.84 Å². The van der Waals surface area contributed by atoms with Crippen molar-refractivity contribution in [2.45, 2.75) is 45.1 Å². The number of carbonyl (C=O) groups excluding carboxylic acids is 1. The van der Waals surface area contributed by atoms with Crippen molar-refractivity contribution in [1.29, 1.82) is 0 Å². The number of benzene rings is 1. The first-order valence-corrected chi connectivity index (χ1v) is 8.35. The Labute approximate surface area is 137 Å². The van der Waals surface area contributed by atoms with Crippen LogP contribution in [-0.2, 0) is 4.74 Å². The molecule has 1 fully saturated rings. The minimum absolute atomic E-state index is 0.121. The van der Waals surface area contributed by atoms with Crippen LogP contribution in [0, 0.1) is 5.92 Å². The van der Waals surface area contributed by atoms with Gasteiger partial charge in [0.1, 0.15) is 0 Å². The molecule has 0 aromatic heterocycles. The van der Waals surface area contributed by atoms with E-state index in [1.54, 1.807) is 12.1 Å². The monoisotopic (exact) mass is 319 g/mol. The highest BCUT2D eigenvalue weighted by Crippen LogP contribution is 2.30. The Morgan fingerprint density at radius 3 is 2.65 bits per heavy atom. The molecule has 5 nitrogen and oxygen atoms in total. The van der Waals surface area contributed by atoms with E-state index in [0.29, 0.717) is 24.6 Å². The van der Waals surface area contributed by atoms with E-state index in [0.717, 1.165) is 6.42 Å². The van der Waals surface area contributed by atoms with E-state index in [2.05, 4.69) is 5.32 Å². The van der Waals surface area contributed by atoms with Crippen LogP contribution in [0.2, 0.25) is 0 Å². The molecule has 2 rings (SSSR count). The van der Waals surface area contributed by atoms with Crippen LogP contribution in [0.5, 0.6) is 0 Å². The molecule has 0 aliphatic heterocycles. The van der Waals surface area contributed by atoms with E-state index in [1.165, 1.54) is 37.8 Å². The minimum atomic E-state index is -1.03. The largest absolute Gasteiger partial charge is 0.478 e. The molecule has 1 aliphatic carbocycles. The third-order valence-electron chi connectivity index (χ3n) is 4.39. The molecule has 0 heterocycles. The van der Waals surface area contributed by atoms with E-state index in [-0.39, 0.29) is 17.6 Å². The smallest absolute Gasteiger partial charge is 0.335 e. The van der Waals surface area contributed by atoms with Crippen LogP contribution in [0.25, 0.3) is 0 Å². The molecule has 1 aromatic carbocycles. The Morgan fingerprint density at radius 2 is 2.00 bits per heavy atom. The van der Waals surface area contributed by atoms with E-state index in [1.807, 2.05) is 6.92 Å². The Hall–Kier alpha value is -1.88. The summed E-state index contributed by atoms with van der Waals surface area (Å²) in [5.74, 6) is -0.672. The molecule has 1 aliphatic rings. The second kappa shape index (κ2) is 8.67. The van der Waals surface area contributed by atoms with Crippen molar-refractivity contribution < 1.29 is 19.4 Å². The number of carboxylic acids is 1. The quantitative estimate of drug-likeness (QED) is 0.772. The number of aromatic carboxylic acids is 1. The number of hydrogen-bond acceptors (Lipinski definition) is 3. The summed E-state index contributed by atoms with van der Waals surface area (Å²) in [5, 5.41) is 11.8. The van der Waals surface area contributed by atoms with E-state index < -0.39 is 5.97 Å². The average molecular weight is 319 g/mol. The standard InChI is InChI=1S/C18H25NO4/c1-2-23-16(13-6-3-4-7-13)10-11-19-17(20)14-8-5-9-15(12-14)18(21)22/h5,8-9,12-13,16H,2-4,6-7,10-11H2,1H3,(H,19,20)(H,21,22). The molecule has 0 radical (unpaired) electrons. The summed E-state index contributed by atoms with van der Waals surface area (Å²) in [7, 11) is 0. The fraction of sp³-hybridized carbons (Fsp3) is 0.556. The van der Waals surface area contributed by atoms with Crippen LogP contribution in [-0.4, -0.2) is 36.2 Å². The topological polar surface area (TPSA) is 75.6 Å². The fourth-order valence-corrected chi connectivity index (χ4v) is 3.22. The zero-order chi connectivity index (χ0) is 16.7. The summed E-state index contributed by atoms with van der Waals surface area (Å²) >= 11 is 0. The minimum Gasteiger partial charge on any atom is -0.478 e. The van der Waals surface area contributed by atoms with Gasteiger partial charge in [-0.05, 0) is 50.3 Å². The summed E-state index contributed by atoms with van der Waals surface area (Å²) in [6.07, 6.45) is 5.94. The third kappa shape index (κ3) is 5.06. The number of carbonyl (C=O) groups is 2. The lowest BCUT2D eigenvalue weighted by Crippen LogP contribution is -2.31. The number of hydrogen-bond donors (Lipinski definition) is 2. The molecule has 1 amide bonds. The van der Waals surface area contributed by atoms with Gasteiger partial charge in [0.15, 0.2) is 0 Å². The molecule has 0 spiro atoms. The summed E-state index contributed by atoms with van der Waals surface area (Å²) in [6, 6.07) is 6.08. The molecule has 1 saturated carbocycles. The number of ether oxygens (including phenoxy) is 1. The molecular formula is C18H25NO4. The van der Waals surface area contributed by atoms with Gasteiger partial charge >= 0.3 is 5.97 Å². The lowest BCUT2D eigenvalue weighted by atomic mass is 9.98. The average Bonchev–Trinajstić information content (AvgIpc) is 3.08. The predicted octanol–water partition coefficient (Wildman–Crippen LogP) is 3.10. The number of amides is 1. The lowest BCUT2D eigenvalue weighted by Gasteiger charge is -2.23. The van der Waals surface area contributed by atoms with E-state index >= 15 is 0 Å². The maximum atomic E-state index is 12.1. The fourth-order valence-electron chi connectivity index (χ4n) is 3.22. The van der Waals surface area contributed by atoms with Gasteiger partial charge in [0.25, 0.3) is 5.91 Å². The Balaban J connectivity index is 1.85. The highest BCUT2D eigenvalue weighted by molar-refractivity contribution is 5.97. The highest BCUT2D eigenvalue weighted by Gasteiger charge is 2.25. The van der Waals surface area contributed by atoms with Crippen LogP contribution in [0.15, 0.2) is 24.3 Å². The molecule has 1 unspecified atom stereocenters. The zero-order valence-corrected chi connectivity index (χ0v) is 13.6. The van der Waals surface area contributed by atoms with Crippen molar-refractivity contribution in [2.75, 3.05) is 13.2 Å². The van der Waals surface area contributed by atoms with Crippen molar-refractivity contribution in [3.05, 3.63) is 35.4 Å². The normalized spacial score (nSPS) is 16.2. The van der Waals surface area contributed by atoms with Gasteiger partial charge in [-0.3, -0.25) is 4.79 Å². The molecule has 2 N–H and O–H groups in total. The molecule has 0 bridgehead atoms. The molecule has 1 atom stereocenters. The number of rotatable bonds is 8. The lowest BCUT2D eigenvalue weighted by molar-refractivity contribution is 0.0163. The first-order valence-electron chi connectivity index (χ1n) is 8.35. The van der Waals surface area contributed by atoms with Gasteiger partial charge in [-0.2, -0.15) is 0 Å².